The third kappa shape index (κ3) is 2.89. The highest BCUT2D eigenvalue weighted by Crippen LogP contribution is 2.28. The molecule has 1 unspecified atom stereocenters. The van der Waals surface area contributed by atoms with E-state index in [1.54, 1.807) is 12.3 Å². The smallest absolute Gasteiger partial charge is 0.147 e. The molecule has 1 aromatic rings. The Morgan fingerprint density at radius 3 is 2.94 bits per heavy atom. The Labute approximate surface area is 106 Å². The molecule has 4 nitrogen and oxygen atoms in total. The number of aromatic nitrogens is 1. The van der Waals surface area contributed by atoms with Gasteiger partial charge in [-0.15, -0.1) is 0 Å². The van der Waals surface area contributed by atoms with Gasteiger partial charge in [0, 0.05) is 25.9 Å². The van der Waals surface area contributed by atoms with Crippen LogP contribution >= 0.6 is 11.6 Å². The van der Waals surface area contributed by atoms with Crippen LogP contribution in [-0.2, 0) is 6.61 Å². The molecule has 17 heavy (non-hydrogen) atoms. The standard InChI is InChI=1S/C12H17ClN2O2/c13-11-4-10(8-17)5-14-12(11)15-3-1-2-9(6-15)7-16/h4-5,9,16-17H,1-3,6-8H2. The Morgan fingerprint density at radius 1 is 1.47 bits per heavy atom. The molecular formula is C12H17ClN2O2. The molecule has 0 bridgehead atoms. The van der Waals surface area contributed by atoms with Gasteiger partial charge in [0.2, 0.25) is 0 Å². The van der Waals surface area contributed by atoms with Gasteiger partial charge in [0.15, 0.2) is 0 Å². The first-order valence-corrected chi connectivity index (χ1v) is 6.23. The van der Waals surface area contributed by atoms with Crippen LogP contribution in [0.5, 0.6) is 0 Å². The van der Waals surface area contributed by atoms with Gasteiger partial charge in [-0.2, -0.15) is 0 Å². The topological polar surface area (TPSA) is 56.6 Å². The summed E-state index contributed by atoms with van der Waals surface area (Å²) in [5.74, 6) is 1.06. The zero-order valence-electron chi connectivity index (χ0n) is 9.64. The van der Waals surface area contributed by atoms with Crippen molar-refractivity contribution in [3.63, 3.8) is 0 Å². The van der Waals surface area contributed by atoms with Crippen LogP contribution in [0.2, 0.25) is 5.02 Å². The van der Waals surface area contributed by atoms with Gasteiger partial charge in [0.1, 0.15) is 5.82 Å². The van der Waals surface area contributed by atoms with Crippen LogP contribution in [0.1, 0.15) is 18.4 Å². The number of aliphatic hydroxyl groups excluding tert-OH is 2. The average Bonchev–Trinajstić information content (AvgIpc) is 2.38. The second-order valence-corrected chi connectivity index (χ2v) is 4.85. The van der Waals surface area contributed by atoms with Crippen molar-refractivity contribution in [2.45, 2.75) is 19.4 Å². The molecule has 2 N–H and O–H groups in total. The minimum absolute atomic E-state index is 0.0493. The molecular weight excluding hydrogens is 240 g/mol. The maximum Gasteiger partial charge on any atom is 0.147 e. The van der Waals surface area contributed by atoms with E-state index in [-0.39, 0.29) is 13.2 Å². The van der Waals surface area contributed by atoms with Gasteiger partial charge in [-0.05, 0) is 30.4 Å². The number of pyridine rings is 1. The quantitative estimate of drug-likeness (QED) is 0.859. The van der Waals surface area contributed by atoms with Gasteiger partial charge < -0.3 is 15.1 Å². The van der Waals surface area contributed by atoms with Crippen LogP contribution in [0.25, 0.3) is 0 Å². The van der Waals surface area contributed by atoms with Gasteiger partial charge >= 0.3 is 0 Å². The Balaban J connectivity index is 2.16. The van der Waals surface area contributed by atoms with Crippen molar-refractivity contribution in [1.29, 1.82) is 0 Å². The molecule has 0 spiro atoms. The summed E-state index contributed by atoms with van der Waals surface area (Å²) in [5.41, 5.74) is 0.717. The van der Waals surface area contributed by atoms with Crippen LogP contribution < -0.4 is 4.90 Å². The van der Waals surface area contributed by atoms with Crippen molar-refractivity contribution in [1.82, 2.24) is 4.98 Å². The summed E-state index contributed by atoms with van der Waals surface area (Å²) in [5, 5.41) is 18.8. The number of halogens is 1. The van der Waals surface area contributed by atoms with Crippen molar-refractivity contribution in [2.75, 3.05) is 24.6 Å². The van der Waals surface area contributed by atoms with E-state index >= 15 is 0 Å². The molecule has 1 aromatic heterocycles. The Hall–Kier alpha value is -0.840. The number of aliphatic hydroxyl groups is 2. The third-order valence-electron chi connectivity index (χ3n) is 3.14. The first-order valence-electron chi connectivity index (χ1n) is 5.85. The predicted octanol–water partition coefficient (Wildman–Crippen LogP) is 1.44. The molecule has 0 radical (unpaired) electrons. The lowest BCUT2D eigenvalue weighted by Crippen LogP contribution is -2.37. The number of rotatable bonds is 3. The van der Waals surface area contributed by atoms with E-state index in [4.69, 9.17) is 16.7 Å². The molecule has 1 fully saturated rings. The SMILES string of the molecule is OCc1cnc(N2CCCC(CO)C2)c(Cl)c1. The van der Waals surface area contributed by atoms with E-state index in [1.807, 2.05) is 0 Å². The highest BCUT2D eigenvalue weighted by Gasteiger charge is 2.21. The molecule has 0 saturated carbocycles. The summed E-state index contributed by atoms with van der Waals surface area (Å²) in [6.07, 6.45) is 3.74. The van der Waals surface area contributed by atoms with Crippen LogP contribution in [-0.4, -0.2) is 34.9 Å². The normalized spacial score (nSPS) is 20.6. The summed E-state index contributed by atoms with van der Waals surface area (Å²) in [4.78, 5) is 6.40. The molecule has 2 heterocycles. The van der Waals surface area contributed by atoms with E-state index in [0.29, 0.717) is 10.9 Å². The lowest BCUT2D eigenvalue weighted by atomic mass is 9.99. The van der Waals surface area contributed by atoms with E-state index < -0.39 is 0 Å². The molecule has 0 aromatic carbocycles. The molecule has 2 rings (SSSR count). The first kappa shape index (κ1) is 12.6. The molecule has 94 valence electrons. The van der Waals surface area contributed by atoms with Crippen LogP contribution in [0, 0.1) is 5.92 Å². The number of nitrogens with zero attached hydrogens (tertiary/aromatic N) is 2. The Bertz CT molecular complexity index is 387. The fraction of sp³-hybridized carbons (Fsp3) is 0.583. The van der Waals surface area contributed by atoms with Crippen molar-refractivity contribution >= 4 is 17.4 Å². The summed E-state index contributed by atoms with van der Waals surface area (Å²) in [6, 6.07) is 1.74. The highest BCUT2D eigenvalue weighted by atomic mass is 35.5. The van der Waals surface area contributed by atoms with Crippen molar-refractivity contribution in [3.8, 4) is 0 Å². The number of hydrogen-bond donors (Lipinski definition) is 2. The second-order valence-electron chi connectivity index (χ2n) is 4.44. The summed E-state index contributed by atoms with van der Waals surface area (Å²) in [6.45, 7) is 1.87. The zero-order valence-corrected chi connectivity index (χ0v) is 10.4. The molecule has 1 aliphatic rings. The van der Waals surface area contributed by atoms with Gasteiger partial charge in [-0.1, -0.05) is 11.6 Å². The monoisotopic (exact) mass is 256 g/mol. The minimum Gasteiger partial charge on any atom is -0.396 e. The fourth-order valence-corrected chi connectivity index (χ4v) is 2.50. The summed E-state index contributed by atoms with van der Waals surface area (Å²) < 4.78 is 0. The van der Waals surface area contributed by atoms with Crippen molar-refractivity contribution in [3.05, 3.63) is 22.8 Å². The molecule has 0 amide bonds. The van der Waals surface area contributed by atoms with E-state index in [1.165, 1.54) is 0 Å². The molecule has 1 atom stereocenters. The fourth-order valence-electron chi connectivity index (χ4n) is 2.20. The average molecular weight is 257 g/mol. The molecule has 1 aliphatic heterocycles. The summed E-state index contributed by atoms with van der Waals surface area (Å²) in [7, 11) is 0. The van der Waals surface area contributed by atoms with Crippen molar-refractivity contribution < 1.29 is 10.2 Å². The maximum atomic E-state index is 9.19. The zero-order chi connectivity index (χ0) is 12.3. The predicted molar refractivity (Wildman–Crippen MR) is 67.2 cm³/mol. The minimum atomic E-state index is -0.0493. The third-order valence-corrected chi connectivity index (χ3v) is 3.42. The highest BCUT2D eigenvalue weighted by molar-refractivity contribution is 6.33. The lowest BCUT2D eigenvalue weighted by Gasteiger charge is -2.33. The van der Waals surface area contributed by atoms with Gasteiger partial charge in [-0.3, -0.25) is 0 Å². The molecule has 1 saturated heterocycles. The molecule has 0 aliphatic carbocycles. The first-order chi connectivity index (χ1) is 8.24. The Kier molecular flexibility index (Phi) is 4.20. The maximum absolute atomic E-state index is 9.19. The van der Waals surface area contributed by atoms with Crippen LogP contribution in [0.4, 0.5) is 5.82 Å². The van der Waals surface area contributed by atoms with E-state index in [9.17, 15) is 5.11 Å². The van der Waals surface area contributed by atoms with Crippen LogP contribution in [0.3, 0.4) is 0 Å². The van der Waals surface area contributed by atoms with E-state index in [0.717, 1.165) is 37.3 Å². The van der Waals surface area contributed by atoms with Crippen molar-refractivity contribution in [2.24, 2.45) is 5.92 Å². The summed E-state index contributed by atoms with van der Waals surface area (Å²) >= 11 is 6.15. The number of hydrogen-bond acceptors (Lipinski definition) is 4. The van der Waals surface area contributed by atoms with Gasteiger partial charge in [0.25, 0.3) is 0 Å². The van der Waals surface area contributed by atoms with Gasteiger partial charge in [-0.25, -0.2) is 4.98 Å². The number of anilines is 1. The van der Waals surface area contributed by atoms with E-state index in [2.05, 4.69) is 9.88 Å². The number of piperidine rings is 1. The second kappa shape index (κ2) is 5.67. The van der Waals surface area contributed by atoms with Gasteiger partial charge in [0.05, 0.1) is 11.6 Å². The molecule has 5 heteroatoms. The Morgan fingerprint density at radius 2 is 2.29 bits per heavy atom. The lowest BCUT2D eigenvalue weighted by molar-refractivity contribution is 0.208. The van der Waals surface area contributed by atoms with Crippen LogP contribution in [0.15, 0.2) is 12.3 Å². The largest absolute Gasteiger partial charge is 0.396 e.